The molecule has 2 fully saturated rings. The summed E-state index contributed by atoms with van der Waals surface area (Å²) in [4.78, 5) is 7.73. The molecule has 0 saturated carbocycles. The van der Waals surface area contributed by atoms with Gasteiger partial charge in [-0.05, 0) is 84.2 Å². The highest BCUT2D eigenvalue weighted by Crippen LogP contribution is 2.32. The highest BCUT2D eigenvalue weighted by Gasteiger charge is 2.39. The summed E-state index contributed by atoms with van der Waals surface area (Å²) in [6.45, 7) is 15.1. The second-order valence-electron chi connectivity index (χ2n) is 8.66. The number of hydrogen-bond acceptors (Lipinski definition) is 5. The molecule has 2 saturated heterocycles. The van der Waals surface area contributed by atoms with Gasteiger partial charge in [-0.3, -0.25) is 9.89 Å². The number of hydrogen-bond donors (Lipinski definition) is 2. The lowest BCUT2D eigenvalue weighted by Gasteiger charge is -2.43. The molecule has 2 N–H and O–H groups in total. The van der Waals surface area contributed by atoms with Gasteiger partial charge in [0.25, 0.3) is 0 Å². The second kappa shape index (κ2) is 14.2. The maximum absolute atomic E-state index is 5.81. The fourth-order valence-corrected chi connectivity index (χ4v) is 4.69. The minimum Gasteiger partial charge on any atom is -0.490 e. The van der Waals surface area contributed by atoms with Crippen molar-refractivity contribution >= 4 is 29.9 Å². The van der Waals surface area contributed by atoms with Gasteiger partial charge in [0.05, 0.1) is 25.8 Å². The quantitative estimate of drug-likeness (QED) is 0.246. The number of rotatable bonds is 10. The molecule has 7 nitrogen and oxygen atoms in total. The van der Waals surface area contributed by atoms with Gasteiger partial charge in [-0.2, -0.15) is 0 Å². The zero-order valence-corrected chi connectivity index (χ0v) is 23.2. The van der Waals surface area contributed by atoms with Crippen LogP contribution < -0.4 is 20.1 Å². The summed E-state index contributed by atoms with van der Waals surface area (Å²) >= 11 is 0. The van der Waals surface area contributed by atoms with Crippen molar-refractivity contribution in [3.63, 3.8) is 0 Å². The molecule has 2 heterocycles. The fraction of sp³-hybridized carbons (Fsp3) is 0.720. The van der Waals surface area contributed by atoms with E-state index in [0.29, 0.717) is 13.2 Å². The number of aliphatic imine (C=N–C) groups is 1. The summed E-state index contributed by atoms with van der Waals surface area (Å²) in [5.41, 5.74) is 1.27. The van der Waals surface area contributed by atoms with Crippen molar-refractivity contribution in [1.82, 2.24) is 15.5 Å². The Morgan fingerprint density at radius 3 is 2.39 bits per heavy atom. The van der Waals surface area contributed by atoms with Gasteiger partial charge in [-0.1, -0.05) is 6.07 Å². The summed E-state index contributed by atoms with van der Waals surface area (Å²) in [6.07, 6.45) is 4.70. The average molecular weight is 575 g/mol. The molecule has 0 aliphatic carbocycles. The second-order valence-corrected chi connectivity index (χ2v) is 8.66. The third-order valence-corrected chi connectivity index (χ3v) is 6.50. The number of likely N-dealkylation sites (tertiary alicyclic amines) is 1. The van der Waals surface area contributed by atoms with Gasteiger partial charge in [0.15, 0.2) is 17.5 Å². The number of benzene rings is 1. The van der Waals surface area contributed by atoms with Crippen LogP contribution in [0.5, 0.6) is 11.5 Å². The Morgan fingerprint density at radius 1 is 1.09 bits per heavy atom. The minimum atomic E-state index is 0. The van der Waals surface area contributed by atoms with E-state index in [0.717, 1.165) is 62.2 Å². The molecular formula is C25H43IN4O3. The topological polar surface area (TPSA) is 67.4 Å². The first kappa shape index (κ1) is 28.0. The number of ether oxygens (including phenoxy) is 3. The van der Waals surface area contributed by atoms with Crippen LogP contribution >= 0.6 is 24.0 Å². The maximum Gasteiger partial charge on any atom is 0.191 e. The van der Waals surface area contributed by atoms with Crippen molar-refractivity contribution < 1.29 is 14.2 Å². The third kappa shape index (κ3) is 7.62. The van der Waals surface area contributed by atoms with Crippen LogP contribution in [0.15, 0.2) is 23.2 Å². The summed E-state index contributed by atoms with van der Waals surface area (Å²) in [5, 5.41) is 7.03. The largest absolute Gasteiger partial charge is 0.490 e. The van der Waals surface area contributed by atoms with Crippen LogP contribution in [0.3, 0.4) is 0 Å². The van der Waals surface area contributed by atoms with Gasteiger partial charge < -0.3 is 24.8 Å². The lowest BCUT2D eigenvalue weighted by atomic mass is 9.88. The standard InChI is InChI=1S/C25H42N4O3.HI/c1-5-26-24(27-19-25(12-16-30-17-13-25)29-14-8-9-15-29)28-20(4)21-10-11-22(31-6-2)23(18-21)32-7-3;/h10-11,18,20H,5-9,12-17,19H2,1-4H3,(H2,26,27,28);1H. The van der Waals surface area contributed by atoms with E-state index in [9.17, 15) is 0 Å². The Bertz CT molecular complexity index is 734. The first-order valence-corrected chi connectivity index (χ1v) is 12.4. The number of nitrogens with zero attached hydrogens (tertiary/aromatic N) is 2. The zero-order chi connectivity index (χ0) is 22.8. The van der Waals surface area contributed by atoms with E-state index in [2.05, 4.69) is 41.5 Å². The molecule has 1 aromatic carbocycles. The van der Waals surface area contributed by atoms with E-state index in [4.69, 9.17) is 19.2 Å². The van der Waals surface area contributed by atoms with Gasteiger partial charge in [-0.15, -0.1) is 24.0 Å². The lowest BCUT2D eigenvalue weighted by Crippen LogP contribution is -2.54. The van der Waals surface area contributed by atoms with Crippen molar-refractivity contribution in [2.45, 2.75) is 65.0 Å². The SMILES string of the molecule is CCNC(=NCC1(N2CCCC2)CCOCC1)NC(C)c1ccc(OCC)c(OCC)c1.I. The summed E-state index contributed by atoms with van der Waals surface area (Å²) in [6, 6.07) is 6.25. The molecule has 1 unspecified atom stereocenters. The van der Waals surface area contributed by atoms with Crippen LogP contribution in [-0.4, -0.2) is 69.0 Å². The predicted octanol–water partition coefficient (Wildman–Crippen LogP) is 4.36. The minimum absolute atomic E-state index is 0. The van der Waals surface area contributed by atoms with Gasteiger partial charge >= 0.3 is 0 Å². The van der Waals surface area contributed by atoms with Crippen molar-refractivity contribution in [3.05, 3.63) is 23.8 Å². The number of guanidine groups is 1. The van der Waals surface area contributed by atoms with Crippen molar-refractivity contribution in [1.29, 1.82) is 0 Å². The van der Waals surface area contributed by atoms with Gasteiger partial charge in [-0.25, -0.2) is 0 Å². The number of nitrogens with one attached hydrogen (secondary N) is 2. The van der Waals surface area contributed by atoms with E-state index in [1.54, 1.807) is 0 Å². The van der Waals surface area contributed by atoms with Crippen LogP contribution in [-0.2, 0) is 4.74 Å². The Morgan fingerprint density at radius 2 is 1.76 bits per heavy atom. The summed E-state index contributed by atoms with van der Waals surface area (Å²) in [5.74, 6) is 2.44. The molecule has 0 bridgehead atoms. The molecule has 2 aliphatic rings. The average Bonchev–Trinajstić information content (AvgIpc) is 3.35. The maximum atomic E-state index is 5.81. The zero-order valence-electron chi connectivity index (χ0n) is 20.8. The van der Waals surface area contributed by atoms with E-state index in [1.165, 1.54) is 25.9 Å². The van der Waals surface area contributed by atoms with E-state index in [-0.39, 0.29) is 35.6 Å². The van der Waals surface area contributed by atoms with E-state index >= 15 is 0 Å². The molecule has 0 spiro atoms. The fourth-order valence-electron chi connectivity index (χ4n) is 4.69. The summed E-state index contributed by atoms with van der Waals surface area (Å²) < 4.78 is 17.2. The highest BCUT2D eigenvalue weighted by molar-refractivity contribution is 14.0. The monoisotopic (exact) mass is 574 g/mol. The van der Waals surface area contributed by atoms with E-state index < -0.39 is 0 Å². The smallest absolute Gasteiger partial charge is 0.191 e. The van der Waals surface area contributed by atoms with Crippen LogP contribution in [0.4, 0.5) is 0 Å². The first-order valence-electron chi connectivity index (χ1n) is 12.4. The van der Waals surface area contributed by atoms with Gasteiger partial charge in [0.1, 0.15) is 0 Å². The molecule has 0 radical (unpaired) electrons. The molecule has 188 valence electrons. The predicted molar refractivity (Wildman–Crippen MR) is 145 cm³/mol. The molecule has 1 atom stereocenters. The van der Waals surface area contributed by atoms with Crippen LogP contribution in [0.2, 0.25) is 0 Å². The lowest BCUT2D eigenvalue weighted by molar-refractivity contribution is -0.0139. The molecule has 33 heavy (non-hydrogen) atoms. The molecule has 0 aromatic heterocycles. The molecule has 0 amide bonds. The molecule has 2 aliphatic heterocycles. The summed E-state index contributed by atoms with van der Waals surface area (Å²) in [7, 11) is 0. The first-order chi connectivity index (χ1) is 15.6. The van der Waals surface area contributed by atoms with E-state index in [1.807, 2.05) is 19.9 Å². The van der Waals surface area contributed by atoms with Crippen molar-refractivity contribution in [2.24, 2.45) is 4.99 Å². The Hall–Kier alpha value is -1.26. The number of halogens is 1. The van der Waals surface area contributed by atoms with Crippen LogP contribution in [0.25, 0.3) is 0 Å². The Labute approximate surface area is 217 Å². The van der Waals surface area contributed by atoms with Gasteiger partial charge in [0.2, 0.25) is 0 Å². The van der Waals surface area contributed by atoms with Crippen molar-refractivity contribution in [2.75, 3.05) is 52.6 Å². The van der Waals surface area contributed by atoms with Crippen LogP contribution in [0.1, 0.15) is 65.0 Å². The third-order valence-electron chi connectivity index (χ3n) is 6.50. The Balaban J connectivity index is 0.00000385. The highest BCUT2D eigenvalue weighted by atomic mass is 127. The normalized spacial score (nSPS) is 19.5. The van der Waals surface area contributed by atoms with Crippen LogP contribution in [0, 0.1) is 0 Å². The molecule has 8 heteroatoms. The van der Waals surface area contributed by atoms with Crippen molar-refractivity contribution in [3.8, 4) is 11.5 Å². The Kier molecular flexibility index (Phi) is 12.0. The molecule has 1 aromatic rings. The molecular weight excluding hydrogens is 531 g/mol. The van der Waals surface area contributed by atoms with Gasteiger partial charge in [0, 0.05) is 25.3 Å². The molecule has 3 rings (SSSR count).